The lowest BCUT2D eigenvalue weighted by Gasteiger charge is -2.08. The molecule has 0 bridgehead atoms. The van der Waals surface area contributed by atoms with Crippen LogP contribution in [0.4, 0.5) is 0 Å². The van der Waals surface area contributed by atoms with Crippen molar-refractivity contribution in [3.05, 3.63) is 45.8 Å². The number of allylic oxidation sites excluding steroid dienone is 6. The van der Waals surface area contributed by atoms with Crippen LogP contribution in [0.5, 0.6) is 0 Å². The zero-order valence-corrected chi connectivity index (χ0v) is 10.7. The number of thiocarbonyl (C=S) groups is 1. The molecule has 1 aliphatic carbocycles. The Balaban J connectivity index is 2.74. The minimum Gasteiger partial charge on any atom is -0.454 e. The molecule has 0 heterocycles. The highest BCUT2D eigenvalue weighted by atomic mass is 127. The molecule has 1 rings (SSSR count). The number of hydrogen-bond donors (Lipinski definition) is 0. The molecule has 1 nitrogen and oxygen atoms in total. The lowest BCUT2D eigenvalue weighted by atomic mass is 10.0. The first-order chi connectivity index (χ1) is 6.76. The summed E-state index contributed by atoms with van der Waals surface area (Å²) in [6.07, 6.45) is 10.00. The second-order valence-corrected chi connectivity index (χ2v) is 4.40. The first-order valence-electron chi connectivity index (χ1n) is 4.26. The van der Waals surface area contributed by atoms with Gasteiger partial charge in [-0.3, -0.25) is 0 Å². The van der Waals surface area contributed by atoms with Crippen molar-refractivity contribution in [3.8, 4) is 0 Å². The van der Waals surface area contributed by atoms with Gasteiger partial charge in [-0.25, -0.2) is 0 Å². The monoisotopic (exact) mass is 318 g/mol. The minimum absolute atomic E-state index is 0.705. The number of halogens is 1. The van der Waals surface area contributed by atoms with Crippen LogP contribution in [0.25, 0.3) is 0 Å². The molecule has 1 aliphatic rings. The first kappa shape index (κ1) is 11.7. The van der Waals surface area contributed by atoms with Gasteiger partial charge in [0.05, 0.1) is 0 Å². The molecule has 0 spiro atoms. The summed E-state index contributed by atoms with van der Waals surface area (Å²) in [5, 5.41) is 0. The van der Waals surface area contributed by atoms with Crippen molar-refractivity contribution in [1.82, 2.24) is 0 Å². The average molecular weight is 318 g/mol. The molecule has 0 aliphatic heterocycles. The van der Waals surface area contributed by atoms with E-state index in [1.165, 1.54) is 14.7 Å². The van der Waals surface area contributed by atoms with E-state index in [-0.39, 0.29) is 0 Å². The molecule has 0 saturated carbocycles. The highest BCUT2D eigenvalue weighted by molar-refractivity contribution is 14.1. The molecule has 0 atom stereocenters. The molecule has 0 amide bonds. The highest BCUT2D eigenvalue weighted by Crippen LogP contribution is 2.24. The summed E-state index contributed by atoms with van der Waals surface area (Å²) in [7, 11) is 0. The van der Waals surface area contributed by atoms with Gasteiger partial charge in [-0.2, -0.15) is 0 Å². The van der Waals surface area contributed by atoms with E-state index in [1.54, 1.807) is 6.08 Å². The number of rotatable bonds is 4. The van der Waals surface area contributed by atoms with E-state index in [9.17, 15) is 0 Å². The molecule has 0 unspecified atom stereocenters. The Bertz CT molecular complexity index is 326. The van der Waals surface area contributed by atoms with Gasteiger partial charge in [-0.1, -0.05) is 18.7 Å². The first-order valence-corrected chi connectivity index (χ1v) is 5.81. The largest absolute Gasteiger partial charge is 0.454 e. The Morgan fingerprint density at radius 2 is 2.29 bits per heavy atom. The molecule has 0 N–H and O–H groups in total. The molecule has 3 heteroatoms. The second-order valence-electron chi connectivity index (χ2n) is 2.82. The van der Waals surface area contributed by atoms with Gasteiger partial charge < -0.3 is 4.74 Å². The number of hydrogen-bond acceptors (Lipinski definition) is 2. The molecule has 0 radical (unpaired) electrons. The molecule has 0 aromatic rings. The van der Waals surface area contributed by atoms with E-state index >= 15 is 0 Å². The van der Waals surface area contributed by atoms with Crippen LogP contribution in [-0.2, 0) is 4.74 Å². The SMILES string of the molecule is C=C/C(=C\C1=CC=C(I)CC1)OC=S. The summed E-state index contributed by atoms with van der Waals surface area (Å²) in [5.41, 5.74) is 2.49. The Kier molecular flexibility index (Phi) is 5.11. The average Bonchev–Trinajstić information content (AvgIpc) is 2.20. The molecule has 74 valence electrons. The molecule has 0 aromatic carbocycles. The Labute approximate surface area is 103 Å². The van der Waals surface area contributed by atoms with Gasteiger partial charge in [0.15, 0.2) is 5.55 Å². The van der Waals surface area contributed by atoms with Crippen LogP contribution in [0.15, 0.2) is 45.8 Å². The van der Waals surface area contributed by atoms with E-state index < -0.39 is 0 Å². The predicted octanol–water partition coefficient (Wildman–Crippen LogP) is 4.07. The zero-order valence-electron chi connectivity index (χ0n) is 7.70. The van der Waals surface area contributed by atoms with E-state index in [2.05, 4.69) is 53.5 Å². The van der Waals surface area contributed by atoms with Gasteiger partial charge in [0.2, 0.25) is 0 Å². The van der Waals surface area contributed by atoms with Crippen LogP contribution in [0.2, 0.25) is 0 Å². The van der Waals surface area contributed by atoms with Crippen LogP contribution in [0, 0.1) is 0 Å². The third-order valence-electron chi connectivity index (χ3n) is 1.84. The summed E-state index contributed by atoms with van der Waals surface area (Å²) >= 11 is 6.96. The smallest absolute Gasteiger partial charge is 0.154 e. The van der Waals surface area contributed by atoms with Crippen molar-refractivity contribution >= 4 is 40.4 Å². The van der Waals surface area contributed by atoms with Crippen LogP contribution in [0.1, 0.15) is 12.8 Å². The van der Waals surface area contributed by atoms with Crippen molar-refractivity contribution in [2.45, 2.75) is 12.8 Å². The third-order valence-corrected chi connectivity index (χ3v) is 2.84. The molecular formula is C11H11IOS. The standard InChI is InChI=1S/C11H11IOS/c1-2-11(13-8-14)7-9-3-5-10(12)6-4-9/h2-3,5,7-8H,1,4,6H2/b11-7+. The Hall–Kier alpha value is -0.420. The maximum absolute atomic E-state index is 5.09. The van der Waals surface area contributed by atoms with Gasteiger partial charge in [0.1, 0.15) is 5.76 Å². The fourth-order valence-electron chi connectivity index (χ4n) is 1.13. The molecule has 0 saturated heterocycles. The quantitative estimate of drug-likeness (QED) is 0.334. The number of ether oxygens (including phenoxy) is 1. The Morgan fingerprint density at radius 1 is 1.50 bits per heavy atom. The van der Waals surface area contributed by atoms with Crippen molar-refractivity contribution in [2.24, 2.45) is 0 Å². The summed E-state index contributed by atoms with van der Waals surface area (Å²) < 4.78 is 6.48. The lowest BCUT2D eigenvalue weighted by molar-refractivity contribution is 0.464. The fourth-order valence-corrected chi connectivity index (χ4v) is 1.69. The van der Waals surface area contributed by atoms with Crippen LogP contribution in [0.3, 0.4) is 0 Å². The summed E-state index contributed by atoms with van der Waals surface area (Å²) in [5.74, 6) is 0.705. The van der Waals surface area contributed by atoms with E-state index in [0.29, 0.717) is 5.76 Å². The molecule has 0 aromatic heterocycles. The predicted molar refractivity (Wildman–Crippen MR) is 72.4 cm³/mol. The molecule has 0 fully saturated rings. The van der Waals surface area contributed by atoms with Crippen LogP contribution in [-0.4, -0.2) is 5.55 Å². The van der Waals surface area contributed by atoms with Crippen molar-refractivity contribution in [1.29, 1.82) is 0 Å². The van der Waals surface area contributed by atoms with Gasteiger partial charge in [-0.05, 0) is 69.0 Å². The fraction of sp³-hybridized carbons (Fsp3) is 0.182. The molecular weight excluding hydrogens is 307 g/mol. The maximum Gasteiger partial charge on any atom is 0.154 e. The third kappa shape index (κ3) is 3.75. The van der Waals surface area contributed by atoms with Crippen molar-refractivity contribution < 1.29 is 4.74 Å². The normalized spacial score (nSPS) is 16.8. The molecule has 14 heavy (non-hydrogen) atoms. The summed E-state index contributed by atoms with van der Waals surface area (Å²) in [6.45, 7) is 3.66. The van der Waals surface area contributed by atoms with Crippen LogP contribution < -0.4 is 0 Å². The van der Waals surface area contributed by atoms with Crippen molar-refractivity contribution in [3.63, 3.8) is 0 Å². The van der Waals surface area contributed by atoms with E-state index in [4.69, 9.17) is 4.74 Å². The zero-order chi connectivity index (χ0) is 10.4. The lowest BCUT2D eigenvalue weighted by Crippen LogP contribution is -1.90. The topological polar surface area (TPSA) is 9.23 Å². The summed E-state index contributed by atoms with van der Waals surface area (Å²) in [6, 6.07) is 0. The minimum atomic E-state index is 0.705. The maximum atomic E-state index is 5.09. The van der Waals surface area contributed by atoms with Gasteiger partial charge in [-0.15, -0.1) is 0 Å². The van der Waals surface area contributed by atoms with Gasteiger partial charge in [0.25, 0.3) is 0 Å². The van der Waals surface area contributed by atoms with Gasteiger partial charge in [0, 0.05) is 0 Å². The van der Waals surface area contributed by atoms with Crippen LogP contribution >= 0.6 is 34.8 Å². The highest BCUT2D eigenvalue weighted by Gasteiger charge is 2.02. The van der Waals surface area contributed by atoms with Crippen molar-refractivity contribution in [2.75, 3.05) is 0 Å². The second kappa shape index (κ2) is 6.14. The summed E-state index contributed by atoms with van der Waals surface area (Å²) in [4.78, 5) is 0. The van der Waals surface area contributed by atoms with Gasteiger partial charge >= 0.3 is 0 Å². The van der Waals surface area contributed by atoms with E-state index in [0.717, 1.165) is 12.8 Å². The van der Waals surface area contributed by atoms with E-state index in [1.807, 2.05) is 6.08 Å². The Morgan fingerprint density at radius 3 is 2.79 bits per heavy atom.